The zero-order valence-corrected chi connectivity index (χ0v) is 12.3. The predicted molar refractivity (Wildman–Crippen MR) is 80.6 cm³/mol. The molecule has 1 aromatic heterocycles. The summed E-state index contributed by atoms with van der Waals surface area (Å²) in [5, 5.41) is 1.30. The van der Waals surface area contributed by atoms with Gasteiger partial charge >= 0.3 is 5.97 Å². The van der Waals surface area contributed by atoms with Gasteiger partial charge in [-0.15, -0.1) is 0 Å². The monoisotopic (exact) mass is 289 g/mol. The van der Waals surface area contributed by atoms with E-state index in [1.165, 1.54) is 0 Å². The third kappa shape index (κ3) is 3.42. The minimum atomic E-state index is -0.422. The van der Waals surface area contributed by atoms with Crippen LogP contribution < -0.4 is 10.3 Å². The Bertz CT molecular complexity index is 690. The molecule has 2 rings (SSSR count). The van der Waals surface area contributed by atoms with Gasteiger partial charge in [-0.2, -0.15) is 0 Å². The first-order valence-electron chi connectivity index (χ1n) is 7.08. The summed E-state index contributed by atoms with van der Waals surface area (Å²) in [7, 11) is 0. The highest BCUT2D eigenvalue weighted by Gasteiger charge is 2.09. The maximum atomic E-state index is 12.3. The van der Waals surface area contributed by atoms with E-state index in [1.807, 2.05) is 13.0 Å². The van der Waals surface area contributed by atoms with Crippen LogP contribution in [0.3, 0.4) is 0 Å². The van der Waals surface area contributed by atoms with Crippen molar-refractivity contribution in [2.75, 3.05) is 13.2 Å². The van der Waals surface area contributed by atoms with E-state index in [0.29, 0.717) is 29.7 Å². The fourth-order valence-corrected chi connectivity index (χ4v) is 2.17. The second-order valence-corrected chi connectivity index (χ2v) is 4.63. The van der Waals surface area contributed by atoms with E-state index in [-0.39, 0.29) is 12.2 Å². The number of aryl methyl sites for hydroxylation is 1. The Kier molecular flexibility index (Phi) is 4.98. The van der Waals surface area contributed by atoms with E-state index in [4.69, 9.17) is 9.47 Å². The van der Waals surface area contributed by atoms with E-state index in [0.717, 1.165) is 6.42 Å². The van der Waals surface area contributed by atoms with Gasteiger partial charge in [0.05, 0.1) is 12.0 Å². The zero-order valence-electron chi connectivity index (χ0n) is 12.3. The molecule has 0 bridgehead atoms. The topological polar surface area (TPSA) is 57.5 Å². The van der Waals surface area contributed by atoms with Gasteiger partial charge in [0, 0.05) is 18.1 Å². The molecule has 0 saturated carbocycles. The average Bonchev–Trinajstić information content (AvgIpc) is 2.48. The maximum Gasteiger partial charge on any atom is 0.344 e. The summed E-state index contributed by atoms with van der Waals surface area (Å²) in [4.78, 5) is 23.7. The van der Waals surface area contributed by atoms with Gasteiger partial charge in [-0.25, -0.2) is 4.79 Å². The number of benzene rings is 1. The molecule has 112 valence electrons. The summed E-state index contributed by atoms with van der Waals surface area (Å²) in [6.45, 7) is 4.61. The van der Waals surface area contributed by atoms with Crippen LogP contribution in [0, 0.1) is 0 Å². The number of nitrogens with zero attached hydrogens (tertiary/aromatic N) is 1. The first-order valence-corrected chi connectivity index (χ1v) is 7.08. The van der Waals surface area contributed by atoms with E-state index >= 15 is 0 Å². The van der Waals surface area contributed by atoms with Crippen LogP contribution in [0.25, 0.3) is 10.8 Å². The quantitative estimate of drug-likeness (QED) is 0.766. The highest BCUT2D eigenvalue weighted by molar-refractivity contribution is 5.87. The van der Waals surface area contributed by atoms with Crippen LogP contribution in [0.5, 0.6) is 5.75 Å². The maximum absolute atomic E-state index is 12.3. The molecular weight excluding hydrogens is 270 g/mol. The van der Waals surface area contributed by atoms with E-state index < -0.39 is 5.97 Å². The van der Waals surface area contributed by atoms with Crippen LogP contribution in [0.4, 0.5) is 0 Å². The number of rotatable bonds is 6. The van der Waals surface area contributed by atoms with Gasteiger partial charge < -0.3 is 14.0 Å². The highest BCUT2D eigenvalue weighted by atomic mass is 16.6. The largest absolute Gasteiger partial charge is 0.481 e. The third-order valence-corrected chi connectivity index (χ3v) is 3.09. The summed E-state index contributed by atoms with van der Waals surface area (Å²) in [5.41, 5.74) is -0.0454. The summed E-state index contributed by atoms with van der Waals surface area (Å²) < 4.78 is 12.0. The van der Waals surface area contributed by atoms with Gasteiger partial charge in [0.25, 0.3) is 5.56 Å². The molecule has 0 amide bonds. The SMILES string of the molecule is CCCn1ccc2c(OCC(=O)OCC)cccc2c1=O. The van der Waals surface area contributed by atoms with Gasteiger partial charge in [-0.1, -0.05) is 13.0 Å². The number of carbonyl (C=O) groups excluding carboxylic acids is 1. The number of hydrogen-bond acceptors (Lipinski definition) is 4. The standard InChI is InChI=1S/C16H19NO4/c1-3-9-17-10-8-12-13(16(17)19)6-5-7-14(12)21-11-15(18)20-4-2/h5-8,10H,3-4,9,11H2,1-2H3. The number of pyridine rings is 1. The molecule has 0 aliphatic heterocycles. The van der Waals surface area contributed by atoms with Crippen molar-refractivity contribution in [1.29, 1.82) is 0 Å². The van der Waals surface area contributed by atoms with Gasteiger partial charge in [-0.05, 0) is 31.5 Å². The first kappa shape index (κ1) is 15.1. The van der Waals surface area contributed by atoms with Crippen molar-refractivity contribution < 1.29 is 14.3 Å². The van der Waals surface area contributed by atoms with E-state index in [1.54, 1.807) is 35.9 Å². The summed E-state index contributed by atoms with van der Waals surface area (Å²) in [5.74, 6) is 0.0927. The lowest BCUT2D eigenvalue weighted by atomic mass is 10.1. The number of carbonyl (C=O) groups is 1. The molecule has 21 heavy (non-hydrogen) atoms. The van der Waals surface area contributed by atoms with Crippen LogP contribution >= 0.6 is 0 Å². The smallest absolute Gasteiger partial charge is 0.344 e. The molecule has 0 unspecified atom stereocenters. The molecule has 0 aliphatic carbocycles. The molecule has 1 heterocycles. The summed E-state index contributed by atoms with van der Waals surface area (Å²) in [6.07, 6.45) is 2.65. The zero-order chi connectivity index (χ0) is 15.2. The molecule has 0 radical (unpaired) electrons. The van der Waals surface area contributed by atoms with E-state index in [2.05, 4.69) is 0 Å². The highest BCUT2D eigenvalue weighted by Crippen LogP contribution is 2.23. The lowest BCUT2D eigenvalue weighted by Crippen LogP contribution is -2.19. The number of ether oxygens (including phenoxy) is 2. The Labute approximate surface area is 123 Å². The molecule has 2 aromatic rings. The van der Waals surface area contributed by atoms with Gasteiger partial charge in [0.1, 0.15) is 5.75 Å². The van der Waals surface area contributed by atoms with Crippen molar-refractivity contribution in [3.8, 4) is 5.75 Å². The Morgan fingerprint density at radius 3 is 2.71 bits per heavy atom. The van der Waals surface area contributed by atoms with Crippen molar-refractivity contribution in [2.24, 2.45) is 0 Å². The predicted octanol–water partition coefficient (Wildman–Crippen LogP) is 2.35. The lowest BCUT2D eigenvalue weighted by molar-refractivity contribution is -0.145. The normalized spacial score (nSPS) is 10.6. The van der Waals surface area contributed by atoms with E-state index in [9.17, 15) is 9.59 Å². The Morgan fingerprint density at radius 2 is 2.00 bits per heavy atom. The molecule has 0 saturated heterocycles. The Morgan fingerprint density at radius 1 is 1.19 bits per heavy atom. The number of esters is 1. The van der Waals surface area contributed by atoms with Crippen molar-refractivity contribution >= 4 is 16.7 Å². The van der Waals surface area contributed by atoms with Crippen LogP contribution in [-0.4, -0.2) is 23.8 Å². The Balaban J connectivity index is 2.31. The van der Waals surface area contributed by atoms with Crippen LogP contribution in [-0.2, 0) is 16.1 Å². The number of fused-ring (bicyclic) bond motifs is 1. The van der Waals surface area contributed by atoms with Crippen molar-refractivity contribution in [3.05, 3.63) is 40.8 Å². The minimum Gasteiger partial charge on any atom is -0.481 e. The number of hydrogen-bond donors (Lipinski definition) is 0. The van der Waals surface area contributed by atoms with Crippen LogP contribution in [0.15, 0.2) is 35.3 Å². The van der Waals surface area contributed by atoms with Gasteiger partial charge in [0.15, 0.2) is 6.61 Å². The summed E-state index contributed by atoms with van der Waals surface area (Å²) in [6, 6.07) is 7.10. The molecule has 0 fully saturated rings. The minimum absolute atomic E-state index is 0.0454. The van der Waals surface area contributed by atoms with Crippen LogP contribution in [0.1, 0.15) is 20.3 Å². The molecule has 0 atom stereocenters. The lowest BCUT2D eigenvalue weighted by Gasteiger charge is -2.10. The molecule has 5 nitrogen and oxygen atoms in total. The summed E-state index contributed by atoms with van der Waals surface area (Å²) >= 11 is 0. The van der Waals surface area contributed by atoms with Crippen molar-refractivity contribution in [2.45, 2.75) is 26.8 Å². The molecule has 1 aromatic carbocycles. The second kappa shape index (κ2) is 6.92. The van der Waals surface area contributed by atoms with Crippen molar-refractivity contribution in [1.82, 2.24) is 4.57 Å². The van der Waals surface area contributed by atoms with Crippen molar-refractivity contribution in [3.63, 3.8) is 0 Å². The first-order chi connectivity index (χ1) is 10.2. The molecule has 5 heteroatoms. The average molecular weight is 289 g/mol. The molecular formula is C16H19NO4. The third-order valence-electron chi connectivity index (χ3n) is 3.09. The fourth-order valence-electron chi connectivity index (χ4n) is 2.17. The molecule has 0 aliphatic rings. The Hall–Kier alpha value is -2.30. The van der Waals surface area contributed by atoms with Gasteiger partial charge in [0.2, 0.25) is 0 Å². The van der Waals surface area contributed by atoms with Gasteiger partial charge in [-0.3, -0.25) is 4.79 Å². The second-order valence-electron chi connectivity index (χ2n) is 4.63. The molecule has 0 N–H and O–H groups in total. The molecule has 0 spiro atoms. The number of aromatic nitrogens is 1. The fraction of sp³-hybridized carbons (Fsp3) is 0.375. The van der Waals surface area contributed by atoms with Crippen LogP contribution in [0.2, 0.25) is 0 Å².